The average molecular weight is 487 g/mol. The number of rotatable bonds is 4. The van der Waals surface area contributed by atoms with Crippen LogP contribution in [0.4, 0.5) is 18.9 Å². The molecule has 0 saturated heterocycles. The van der Waals surface area contributed by atoms with E-state index in [2.05, 4.69) is 25.8 Å². The van der Waals surface area contributed by atoms with Crippen LogP contribution in [0.1, 0.15) is 27.6 Å². The Morgan fingerprint density at radius 2 is 1.51 bits per heavy atom. The maximum atomic E-state index is 12.5. The fraction of sp³-hybridized carbons (Fsp3) is 0.182. The molecule has 0 radical (unpaired) electrons. The first-order chi connectivity index (χ1) is 16.5. The quantitative estimate of drug-likeness (QED) is 0.450. The van der Waals surface area contributed by atoms with E-state index in [0.717, 1.165) is 28.5 Å². The number of amides is 1. The number of aryl methyl sites for hydroxylation is 2. The van der Waals surface area contributed by atoms with Crippen LogP contribution in [-0.4, -0.2) is 52.9 Å². The normalized spacial score (nSPS) is 10.9. The number of halogens is 3. The Morgan fingerprint density at radius 1 is 0.943 bits per heavy atom. The van der Waals surface area contributed by atoms with Gasteiger partial charge in [0.05, 0.1) is 17.7 Å². The monoisotopic (exact) mass is 487 g/mol. The van der Waals surface area contributed by atoms with Crippen LogP contribution in [0.3, 0.4) is 0 Å². The molecule has 35 heavy (non-hydrogen) atoms. The van der Waals surface area contributed by atoms with Crippen molar-refractivity contribution in [1.29, 1.82) is 0 Å². The highest BCUT2D eigenvalue weighted by Crippen LogP contribution is 2.18. The van der Waals surface area contributed by atoms with Crippen LogP contribution in [0.2, 0.25) is 0 Å². The Hall–Kier alpha value is -4.55. The highest BCUT2D eigenvalue weighted by molar-refractivity contribution is 6.04. The molecule has 0 bridgehead atoms. The third-order valence-electron chi connectivity index (χ3n) is 4.90. The molecular weight excluding hydrogens is 467 g/mol. The van der Waals surface area contributed by atoms with Crippen LogP contribution >= 0.6 is 0 Å². The highest BCUT2D eigenvalue weighted by atomic mass is 19.4. The molecule has 13 heteroatoms. The number of carbonyl (C=O) groups is 2. The Kier molecular flexibility index (Phi) is 7.28. The molecule has 182 valence electrons. The van der Waals surface area contributed by atoms with Gasteiger partial charge in [0.25, 0.3) is 5.91 Å². The molecule has 2 aromatic heterocycles. The van der Waals surface area contributed by atoms with Crippen LogP contribution in [0.25, 0.3) is 11.4 Å². The van der Waals surface area contributed by atoms with Crippen LogP contribution in [0, 0.1) is 20.8 Å². The van der Waals surface area contributed by atoms with Crippen molar-refractivity contribution in [3.8, 4) is 11.4 Å². The molecular formula is C22H20F3N7O3. The molecule has 0 fully saturated rings. The first-order valence-electron chi connectivity index (χ1n) is 10.0. The number of imidazole rings is 1. The van der Waals surface area contributed by atoms with Crippen LogP contribution in [0.15, 0.2) is 54.9 Å². The van der Waals surface area contributed by atoms with E-state index >= 15 is 0 Å². The Morgan fingerprint density at radius 3 is 1.97 bits per heavy atom. The number of tetrazole rings is 1. The standard InChI is InChI=1S/C20H19N7O.C2HF3O2/c1-13-14(2)26(12-21-13)18-10-6-17(7-11-18)22-20(28)16-4-8-19(9-5-16)27-15(3)23-24-25-27;3-2(4,5)1(6)7/h4-12H,1-3H3,(H,22,28);(H,6,7). The van der Waals surface area contributed by atoms with E-state index in [4.69, 9.17) is 9.90 Å². The zero-order valence-corrected chi connectivity index (χ0v) is 18.8. The topological polar surface area (TPSA) is 128 Å². The van der Waals surface area contributed by atoms with Crippen molar-refractivity contribution >= 4 is 17.6 Å². The van der Waals surface area contributed by atoms with E-state index in [9.17, 15) is 18.0 Å². The second-order valence-electron chi connectivity index (χ2n) is 7.27. The molecule has 0 aliphatic carbocycles. The fourth-order valence-electron chi connectivity index (χ4n) is 2.89. The number of carbonyl (C=O) groups excluding carboxylic acids is 1. The molecule has 2 N–H and O–H groups in total. The number of anilines is 1. The number of aliphatic carboxylic acids is 1. The summed E-state index contributed by atoms with van der Waals surface area (Å²) in [6, 6.07) is 14.8. The van der Waals surface area contributed by atoms with Crippen LogP contribution in [-0.2, 0) is 4.79 Å². The van der Waals surface area contributed by atoms with Gasteiger partial charge in [0.1, 0.15) is 0 Å². The van der Waals surface area contributed by atoms with E-state index in [1.165, 1.54) is 0 Å². The molecule has 2 aromatic carbocycles. The van der Waals surface area contributed by atoms with Gasteiger partial charge in [-0.3, -0.25) is 4.79 Å². The predicted molar refractivity (Wildman–Crippen MR) is 119 cm³/mol. The molecule has 0 unspecified atom stereocenters. The number of benzene rings is 2. The van der Waals surface area contributed by atoms with E-state index in [1.54, 1.807) is 23.1 Å². The van der Waals surface area contributed by atoms with Gasteiger partial charge in [0, 0.05) is 22.6 Å². The minimum Gasteiger partial charge on any atom is -0.475 e. The smallest absolute Gasteiger partial charge is 0.475 e. The molecule has 0 aliphatic rings. The lowest BCUT2D eigenvalue weighted by Crippen LogP contribution is -2.21. The summed E-state index contributed by atoms with van der Waals surface area (Å²) in [5.41, 5.74) is 5.17. The molecule has 0 atom stereocenters. The zero-order chi connectivity index (χ0) is 25.8. The summed E-state index contributed by atoms with van der Waals surface area (Å²) in [7, 11) is 0. The number of alkyl halides is 3. The average Bonchev–Trinajstić information content (AvgIpc) is 3.39. The molecule has 0 aliphatic heterocycles. The van der Waals surface area contributed by atoms with Gasteiger partial charge in [-0.25, -0.2) is 9.78 Å². The third-order valence-corrected chi connectivity index (χ3v) is 4.90. The van der Waals surface area contributed by atoms with Crippen molar-refractivity contribution in [3.63, 3.8) is 0 Å². The summed E-state index contributed by atoms with van der Waals surface area (Å²) in [6.07, 6.45) is -3.29. The molecule has 1 amide bonds. The van der Waals surface area contributed by atoms with Gasteiger partial charge in [0.15, 0.2) is 5.82 Å². The van der Waals surface area contributed by atoms with E-state index in [1.807, 2.05) is 61.7 Å². The van der Waals surface area contributed by atoms with Gasteiger partial charge in [0.2, 0.25) is 0 Å². The van der Waals surface area contributed by atoms with Crippen molar-refractivity contribution in [2.75, 3.05) is 5.32 Å². The number of hydrogen-bond acceptors (Lipinski definition) is 6. The van der Waals surface area contributed by atoms with E-state index < -0.39 is 12.1 Å². The third kappa shape index (κ3) is 6.07. The van der Waals surface area contributed by atoms with Crippen molar-refractivity contribution in [2.24, 2.45) is 0 Å². The summed E-state index contributed by atoms with van der Waals surface area (Å²) in [5, 5.41) is 21.4. The number of carboxylic acid groups (broad SMARTS) is 1. The SMILES string of the molecule is Cc1ncn(-c2ccc(NC(=O)c3ccc(-n4nnnc4C)cc3)cc2)c1C.O=C(O)C(F)(F)F. The second kappa shape index (κ2) is 10.2. The minimum atomic E-state index is -5.08. The van der Waals surface area contributed by atoms with Gasteiger partial charge in [-0.1, -0.05) is 0 Å². The molecule has 0 spiro atoms. The number of aromatic nitrogens is 6. The Bertz CT molecular complexity index is 1330. The van der Waals surface area contributed by atoms with Crippen LogP contribution < -0.4 is 5.32 Å². The maximum absolute atomic E-state index is 12.5. The minimum absolute atomic E-state index is 0.178. The summed E-state index contributed by atoms with van der Waals surface area (Å²) < 4.78 is 35.4. The number of carboxylic acids is 1. The maximum Gasteiger partial charge on any atom is 0.490 e. The molecule has 4 aromatic rings. The molecule has 4 rings (SSSR count). The Balaban J connectivity index is 0.000000429. The lowest BCUT2D eigenvalue weighted by atomic mass is 10.2. The summed E-state index contributed by atoms with van der Waals surface area (Å²) in [5.74, 6) is -2.25. The fourth-order valence-corrected chi connectivity index (χ4v) is 2.89. The first kappa shape index (κ1) is 25.1. The van der Waals surface area contributed by atoms with Gasteiger partial charge in [-0.2, -0.15) is 17.9 Å². The summed E-state index contributed by atoms with van der Waals surface area (Å²) >= 11 is 0. The lowest BCUT2D eigenvalue weighted by Gasteiger charge is -2.09. The first-order valence-corrected chi connectivity index (χ1v) is 10.0. The van der Waals surface area contributed by atoms with Gasteiger partial charge in [-0.15, -0.1) is 5.10 Å². The van der Waals surface area contributed by atoms with Crippen LogP contribution in [0.5, 0.6) is 0 Å². The number of nitrogens with one attached hydrogen (secondary N) is 1. The van der Waals surface area contributed by atoms with E-state index in [-0.39, 0.29) is 5.91 Å². The van der Waals surface area contributed by atoms with E-state index in [0.29, 0.717) is 11.4 Å². The molecule has 2 heterocycles. The van der Waals surface area contributed by atoms with Crippen molar-refractivity contribution in [3.05, 3.63) is 77.6 Å². The molecule has 0 saturated carbocycles. The van der Waals surface area contributed by atoms with Gasteiger partial charge < -0.3 is 15.0 Å². The van der Waals surface area contributed by atoms with Gasteiger partial charge in [-0.05, 0) is 79.7 Å². The largest absolute Gasteiger partial charge is 0.490 e. The zero-order valence-electron chi connectivity index (χ0n) is 18.8. The second-order valence-corrected chi connectivity index (χ2v) is 7.27. The summed E-state index contributed by atoms with van der Waals surface area (Å²) in [6.45, 7) is 5.82. The summed E-state index contributed by atoms with van der Waals surface area (Å²) in [4.78, 5) is 25.7. The number of nitrogens with zero attached hydrogens (tertiary/aromatic N) is 6. The Labute approximate surface area is 197 Å². The van der Waals surface area contributed by atoms with Crippen molar-refractivity contribution in [2.45, 2.75) is 26.9 Å². The molecule has 10 nitrogen and oxygen atoms in total. The highest BCUT2D eigenvalue weighted by Gasteiger charge is 2.38. The van der Waals surface area contributed by atoms with Gasteiger partial charge >= 0.3 is 12.1 Å². The predicted octanol–water partition coefficient (Wildman–Crippen LogP) is 3.66. The number of hydrogen-bond donors (Lipinski definition) is 2. The van der Waals surface area contributed by atoms with Crippen molar-refractivity contribution < 1.29 is 27.9 Å². The van der Waals surface area contributed by atoms with Crippen molar-refractivity contribution in [1.82, 2.24) is 29.8 Å². The lowest BCUT2D eigenvalue weighted by molar-refractivity contribution is -0.192.